The molecule has 0 heterocycles. The standard InChI is InChI=1S/C14H19FN2O3/c1-4-20-13(18)9(2)10(3)16-14(19)17-12-7-5-6-11(15)8-12/h5-10H,4H2,1-3H3,(H2,16,17,19)/t9-,10-/m1/s1. The fraction of sp³-hybridized carbons (Fsp3) is 0.429. The Hall–Kier alpha value is -2.11. The average Bonchev–Trinajstić information content (AvgIpc) is 2.37. The van der Waals surface area contributed by atoms with Crippen molar-refractivity contribution >= 4 is 17.7 Å². The monoisotopic (exact) mass is 282 g/mol. The fourth-order valence-electron chi connectivity index (χ4n) is 1.54. The summed E-state index contributed by atoms with van der Waals surface area (Å²) in [6, 6.07) is 4.66. The molecule has 2 amide bonds. The molecule has 0 saturated heterocycles. The Bertz CT molecular complexity index is 479. The maximum Gasteiger partial charge on any atom is 0.319 e. The second-order valence-electron chi connectivity index (χ2n) is 4.44. The smallest absolute Gasteiger partial charge is 0.319 e. The number of hydrogen-bond acceptors (Lipinski definition) is 3. The Labute approximate surface area is 117 Å². The molecule has 0 aliphatic carbocycles. The molecular weight excluding hydrogens is 263 g/mol. The van der Waals surface area contributed by atoms with Crippen molar-refractivity contribution in [3.63, 3.8) is 0 Å². The van der Waals surface area contributed by atoms with Crippen molar-refractivity contribution in [1.82, 2.24) is 5.32 Å². The zero-order valence-corrected chi connectivity index (χ0v) is 11.8. The minimum Gasteiger partial charge on any atom is -0.466 e. The van der Waals surface area contributed by atoms with E-state index in [2.05, 4.69) is 10.6 Å². The van der Waals surface area contributed by atoms with Gasteiger partial charge in [-0.25, -0.2) is 9.18 Å². The lowest BCUT2D eigenvalue weighted by atomic mass is 10.0. The van der Waals surface area contributed by atoms with Gasteiger partial charge < -0.3 is 15.4 Å². The molecule has 0 aliphatic rings. The normalized spacial score (nSPS) is 13.2. The molecule has 0 fully saturated rings. The van der Waals surface area contributed by atoms with Crippen LogP contribution < -0.4 is 10.6 Å². The van der Waals surface area contributed by atoms with Gasteiger partial charge in [0, 0.05) is 11.7 Å². The minimum absolute atomic E-state index is 0.297. The van der Waals surface area contributed by atoms with E-state index in [4.69, 9.17) is 4.74 Å². The molecule has 2 atom stereocenters. The largest absolute Gasteiger partial charge is 0.466 e. The Morgan fingerprint density at radius 2 is 2.05 bits per heavy atom. The first-order chi connectivity index (χ1) is 9.43. The van der Waals surface area contributed by atoms with Gasteiger partial charge in [0.05, 0.1) is 12.5 Å². The molecule has 1 aromatic carbocycles. The number of benzene rings is 1. The lowest BCUT2D eigenvalue weighted by Crippen LogP contribution is -2.42. The molecule has 0 bridgehead atoms. The number of nitrogens with one attached hydrogen (secondary N) is 2. The summed E-state index contributed by atoms with van der Waals surface area (Å²) in [7, 11) is 0. The summed E-state index contributed by atoms with van der Waals surface area (Å²) in [6.45, 7) is 5.39. The summed E-state index contributed by atoms with van der Waals surface area (Å²) >= 11 is 0. The van der Waals surface area contributed by atoms with Gasteiger partial charge in [-0.05, 0) is 39.0 Å². The van der Waals surface area contributed by atoms with Gasteiger partial charge in [0.15, 0.2) is 0 Å². The zero-order valence-electron chi connectivity index (χ0n) is 11.8. The van der Waals surface area contributed by atoms with Crippen LogP contribution in [-0.4, -0.2) is 24.6 Å². The van der Waals surface area contributed by atoms with Gasteiger partial charge in [-0.15, -0.1) is 0 Å². The number of carbonyl (C=O) groups is 2. The summed E-state index contributed by atoms with van der Waals surface area (Å²) < 4.78 is 17.8. The van der Waals surface area contributed by atoms with Gasteiger partial charge in [0.1, 0.15) is 5.82 Å². The van der Waals surface area contributed by atoms with Gasteiger partial charge in [0.25, 0.3) is 0 Å². The van der Waals surface area contributed by atoms with Crippen molar-refractivity contribution in [2.45, 2.75) is 26.8 Å². The number of ether oxygens (including phenoxy) is 1. The first kappa shape index (κ1) is 15.9. The summed E-state index contributed by atoms with van der Waals surface area (Å²) in [5, 5.41) is 5.11. The van der Waals surface area contributed by atoms with E-state index < -0.39 is 23.8 Å². The van der Waals surface area contributed by atoms with Crippen molar-refractivity contribution in [1.29, 1.82) is 0 Å². The highest BCUT2D eigenvalue weighted by atomic mass is 19.1. The Morgan fingerprint density at radius 3 is 2.65 bits per heavy atom. The van der Waals surface area contributed by atoms with E-state index in [-0.39, 0.29) is 5.97 Å². The third-order valence-electron chi connectivity index (χ3n) is 2.85. The first-order valence-electron chi connectivity index (χ1n) is 6.43. The van der Waals surface area contributed by atoms with Crippen LogP contribution in [0.4, 0.5) is 14.9 Å². The van der Waals surface area contributed by atoms with Gasteiger partial charge in [-0.3, -0.25) is 4.79 Å². The highest BCUT2D eigenvalue weighted by molar-refractivity contribution is 5.89. The SMILES string of the molecule is CCOC(=O)[C@H](C)[C@@H](C)NC(=O)Nc1cccc(F)c1. The molecule has 0 saturated carbocycles. The van der Waals surface area contributed by atoms with Crippen molar-refractivity contribution in [3.8, 4) is 0 Å². The molecule has 5 nitrogen and oxygen atoms in total. The van der Waals surface area contributed by atoms with Gasteiger partial charge in [-0.1, -0.05) is 6.07 Å². The van der Waals surface area contributed by atoms with Gasteiger partial charge >= 0.3 is 12.0 Å². The van der Waals surface area contributed by atoms with Crippen LogP contribution in [-0.2, 0) is 9.53 Å². The number of halogens is 1. The maximum absolute atomic E-state index is 13.0. The number of anilines is 1. The fourth-order valence-corrected chi connectivity index (χ4v) is 1.54. The third-order valence-corrected chi connectivity index (χ3v) is 2.85. The van der Waals surface area contributed by atoms with Crippen molar-refractivity contribution < 1.29 is 18.7 Å². The molecule has 1 aromatic rings. The number of carbonyl (C=O) groups excluding carboxylic acids is 2. The predicted octanol–water partition coefficient (Wildman–Crippen LogP) is 2.53. The van der Waals surface area contributed by atoms with E-state index in [9.17, 15) is 14.0 Å². The van der Waals surface area contributed by atoms with Crippen LogP contribution in [0.3, 0.4) is 0 Å². The molecule has 6 heteroatoms. The molecule has 0 aromatic heterocycles. The summed E-state index contributed by atoms with van der Waals surface area (Å²) in [5.74, 6) is -1.27. The van der Waals surface area contributed by atoms with Crippen LogP contribution in [0, 0.1) is 11.7 Å². The maximum atomic E-state index is 13.0. The quantitative estimate of drug-likeness (QED) is 0.815. The van der Waals surface area contributed by atoms with Gasteiger partial charge in [0.2, 0.25) is 0 Å². The van der Waals surface area contributed by atoms with E-state index in [0.717, 1.165) is 0 Å². The van der Waals surface area contributed by atoms with E-state index in [1.54, 1.807) is 26.8 Å². The van der Waals surface area contributed by atoms with Crippen LogP contribution in [0.2, 0.25) is 0 Å². The van der Waals surface area contributed by atoms with Crippen LogP contribution in [0.1, 0.15) is 20.8 Å². The highest BCUT2D eigenvalue weighted by Gasteiger charge is 2.22. The Morgan fingerprint density at radius 1 is 1.35 bits per heavy atom. The van der Waals surface area contributed by atoms with Crippen LogP contribution in [0.5, 0.6) is 0 Å². The zero-order chi connectivity index (χ0) is 15.1. The molecule has 110 valence electrons. The molecular formula is C14H19FN2O3. The van der Waals surface area contributed by atoms with E-state index in [0.29, 0.717) is 12.3 Å². The minimum atomic E-state index is -0.501. The number of amides is 2. The van der Waals surface area contributed by atoms with Crippen LogP contribution in [0.15, 0.2) is 24.3 Å². The van der Waals surface area contributed by atoms with Crippen molar-refractivity contribution in [3.05, 3.63) is 30.1 Å². The van der Waals surface area contributed by atoms with Crippen molar-refractivity contribution in [2.75, 3.05) is 11.9 Å². The van der Waals surface area contributed by atoms with E-state index in [1.165, 1.54) is 18.2 Å². The number of esters is 1. The Balaban J connectivity index is 2.51. The second kappa shape index (κ2) is 7.47. The van der Waals surface area contributed by atoms with Gasteiger partial charge in [-0.2, -0.15) is 0 Å². The lowest BCUT2D eigenvalue weighted by Gasteiger charge is -2.20. The second-order valence-corrected chi connectivity index (χ2v) is 4.44. The number of hydrogen-bond donors (Lipinski definition) is 2. The summed E-state index contributed by atoms with van der Waals surface area (Å²) in [4.78, 5) is 23.2. The molecule has 2 N–H and O–H groups in total. The van der Waals surface area contributed by atoms with Crippen molar-refractivity contribution in [2.24, 2.45) is 5.92 Å². The molecule has 1 rings (SSSR count). The Kier molecular flexibility index (Phi) is 5.96. The molecule has 0 radical (unpaired) electrons. The highest BCUT2D eigenvalue weighted by Crippen LogP contribution is 2.10. The van der Waals surface area contributed by atoms with Crippen LogP contribution >= 0.6 is 0 Å². The van der Waals surface area contributed by atoms with E-state index in [1.807, 2.05) is 0 Å². The molecule has 20 heavy (non-hydrogen) atoms. The average molecular weight is 282 g/mol. The predicted molar refractivity (Wildman–Crippen MR) is 73.8 cm³/mol. The van der Waals surface area contributed by atoms with E-state index >= 15 is 0 Å². The summed E-state index contributed by atoms with van der Waals surface area (Å²) in [6.07, 6.45) is 0. The topological polar surface area (TPSA) is 67.4 Å². The first-order valence-corrected chi connectivity index (χ1v) is 6.43. The lowest BCUT2D eigenvalue weighted by molar-refractivity contribution is -0.148. The molecule has 0 spiro atoms. The molecule has 0 unspecified atom stereocenters. The number of urea groups is 1. The summed E-state index contributed by atoms with van der Waals surface area (Å²) in [5.41, 5.74) is 0.346. The van der Waals surface area contributed by atoms with Crippen LogP contribution in [0.25, 0.3) is 0 Å². The number of rotatable bonds is 5. The third kappa shape index (κ3) is 4.87. The molecule has 0 aliphatic heterocycles.